The topological polar surface area (TPSA) is 78.6 Å². The molecule has 2 aromatic rings. The van der Waals surface area contributed by atoms with Gasteiger partial charge in [-0.25, -0.2) is 0 Å². The van der Waals surface area contributed by atoms with Crippen LogP contribution in [0.2, 0.25) is 5.02 Å². The van der Waals surface area contributed by atoms with Crippen molar-refractivity contribution < 1.29 is 10.0 Å². The zero-order valence-electron chi connectivity index (χ0n) is 10.5. The summed E-state index contributed by atoms with van der Waals surface area (Å²) in [5.41, 5.74) is 1.42. The van der Waals surface area contributed by atoms with Gasteiger partial charge in [0.15, 0.2) is 0 Å². The molecule has 0 spiro atoms. The van der Waals surface area contributed by atoms with Gasteiger partial charge in [0.05, 0.1) is 10.6 Å². The number of hydrogen-bond donors (Lipinski definition) is 0. The number of nitrogens with zero attached hydrogens (tertiary/aromatic N) is 2. The number of rotatable bonds is 3. The average molecular weight is 290 g/mol. The van der Waals surface area contributed by atoms with Gasteiger partial charge in [0.2, 0.25) is 0 Å². The number of nitro groups is 1. The monoisotopic (exact) mass is 289 g/mol. The van der Waals surface area contributed by atoms with Crippen molar-refractivity contribution in [2.45, 2.75) is 6.92 Å². The first-order valence-electron chi connectivity index (χ1n) is 5.73. The molecular weight excluding hydrogens is 280 g/mol. The van der Waals surface area contributed by atoms with Gasteiger partial charge >= 0.3 is 0 Å². The number of aliphatic imine (C=N–C) groups is 1. The molecule has 0 saturated carbocycles. The van der Waals surface area contributed by atoms with Crippen molar-refractivity contribution >= 4 is 29.2 Å². The van der Waals surface area contributed by atoms with E-state index in [4.69, 9.17) is 11.6 Å². The summed E-state index contributed by atoms with van der Waals surface area (Å²) in [7, 11) is 0. The fourth-order valence-electron chi connectivity index (χ4n) is 1.63. The Bertz CT molecular complexity index is 699. The van der Waals surface area contributed by atoms with Crippen molar-refractivity contribution in [3.63, 3.8) is 0 Å². The molecule has 0 amide bonds. The molecule has 0 aliphatic carbocycles. The first-order chi connectivity index (χ1) is 9.49. The lowest BCUT2D eigenvalue weighted by Crippen LogP contribution is -1.98. The molecular formula is C14H10ClN2O3-. The molecule has 0 bridgehead atoms. The van der Waals surface area contributed by atoms with E-state index in [1.807, 2.05) is 0 Å². The van der Waals surface area contributed by atoms with E-state index in [9.17, 15) is 15.2 Å². The molecule has 0 radical (unpaired) electrons. The van der Waals surface area contributed by atoms with E-state index in [1.165, 1.54) is 18.3 Å². The van der Waals surface area contributed by atoms with Gasteiger partial charge in [0.25, 0.3) is 5.69 Å². The van der Waals surface area contributed by atoms with E-state index in [2.05, 4.69) is 4.99 Å². The molecule has 0 aromatic heterocycles. The molecule has 0 aliphatic heterocycles. The maximum absolute atomic E-state index is 11.6. The van der Waals surface area contributed by atoms with E-state index in [1.54, 1.807) is 25.1 Å². The summed E-state index contributed by atoms with van der Waals surface area (Å²) < 4.78 is 0. The van der Waals surface area contributed by atoms with E-state index in [-0.39, 0.29) is 17.0 Å². The minimum absolute atomic E-state index is 0.145. The Balaban J connectivity index is 2.38. The summed E-state index contributed by atoms with van der Waals surface area (Å²) in [5, 5.41) is 22.9. The Labute approximate surface area is 120 Å². The van der Waals surface area contributed by atoms with Crippen LogP contribution < -0.4 is 5.11 Å². The van der Waals surface area contributed by atoms with Crippen LogP contribution >= 0.6 is 11.6 Å². The molecule has 5 nitrogen and oxygen atoms in total. The predicted octanol–water partition coefficient (Wildman–Crippen LogP) is 3.38. The zero-order chi connectivity index (χ0) is 14.7. The van der Waals surface area contributed by atoms with Gasteiger partial charge in [-0.15, -0.1) is 0 Å². The second kappa shape index (κ2) is 5.71. The van der Waals surface area contributed by atoms with Gasteiger partial charge in [-0.1, -0.05) is 29.5 Å². The standard InChI is InChI=1S/C14H11ClN2O3/c1-9-12(15)3-2-4-13(9)16-8-10-7-11(17(19)20)5-6-14(10)18/h2-8,18H,1H3/p-1. The third kappa shape index (κ3) is 2.95. The second-order valence-electron chi connectivity index (χ2n) is 4.12. The van der Waals surface area contributed by atoms with E-state index in [0.717, 1.165) is 11.6 Å². The quantitative estimate of drug-likeness (QED) is 0.493. The van der Waals surface area contributed by atoms with Crippen LogP contribution in [0, 0.1) is 17.0 Å². The minimum Gasteiger partial charge on any atom is -0.872 e. The van der Waals surface area contributed by atoms with E-state index >= 15 is 0 Å². The number of benzene rings is 2. The Morgan fingerprint density at radius 1 is 1.30 bits per heavy atom. The van der Waals surface area contributed by atoms with E-state index in [0.29, 0.717) is 10.7 Å². The SMILES string of the molecule is Cc1c(Cl)cccc1N=Cc1cc([N+](=O)[O-])ccc1[O-]. The summed E-state index contributed by atoms with van der Waals surface area (Å²) in [6.07, 6.45) is 1.31. The molecule has 20 heavy (non-hydrogen) atoms. The van der Waals surface area contributed by atoms with Crippen molar-refractivity contribution in [1.29, 1.82) is 0 Å². The van der Waals surface area contributed by atoms with E-state index < -0.39 is 4.92 Å². The number of nitro benzene ring substituents is 1. The van der Waals surface area contributed by atoms with Gasteiger partial charge < -0.3 is 5.11 Å². The van der Waals surface area contributed by atoms with Crippen molar-refractivity contribution in [1.82, 2.24) is 0 Å². The van der Waals surface area contributed by atoms with Crippen LogP contribution in [-0.2, 0) is 0 Å². The number of halogens is 1. The van der Waals surface area contributed by atoms with Crippen LogP contribution in [0.5, 0.6) is 5.75 Å². The highest BCUT2D eigenvalue weighted by atomic mass is 35.5. The van der Waals surface area contributed by atoms with Crippen LogP contribution in [0.1, 0.15) is 11.1 Å². The Morgan fingerprint density at radius 3 is 2.75 bits per heavy atom. The van der Waals surface area contributed by atoms with Gasteiger partial charge in [-0.3, -0.25) is 15.1 Å². The third-order valence-corrected chi connectivity index (χ3v) is 3.20. The molecule has 6 heteroatoms. The Hall–Kier alpha value is -2.40. The maximum atomic E-state index is 11.6. The summed E-state index contributed by atoms with van der Waals surface area (Å²) in [6.45, 7) is 1.81. The lowest BCUT2D eigenvalue weighted by atomic mass is 10.2. The van der Waals surface area contributed by atoms with Crippen LogP contribution in [-0.4, -0.2) is 11.1 Å². The van der Waals surface area contributed by atoms with Crippen molar-refractivity contribution in [2.24, 2.45) is 4.99 Å². The fraction of sp³-hybridized carbons (Fsp3) is 0.0714. The average Bonchev–Trinajstić information content (AvgIpc) is 2.41. The van der Waals surface area contributed by atoms with Gasteiger partial charge in [0, 0.05) is 23.4 Å². The third-order valence-electron chi connectivity index (χ3n) is 2.79. The highest BCUT2D eigenvalue weighted by Crippen LogP contribution is 2.26. The minimum atomic E-state index is -0.554. The lowest BCUT2D eigenvalue weighted by molar-refractivity contribution is -0.385. The summed E-state index contributed by atoms with van der Waals surface area (Å²) in [5.74, 6) is -0.320. The predicted molar refractivity (Wildman–Crippen MR) is 76.0 cm³/mol. The van der Waals surface area contributed by atoms with Gasteiger partial charge in [-0.05, 0) is 30.2 Å². The highest BCUT2D eigenvalue weighted by Gasteiger charge is 2.06. The van der Waals surface area contributed by atoms with Gasteiger partial charge in [-0.2, -0.15) is 0 Å². The molecule has 0 aliphatic rings. The van der Waals surface area contributed by atoms with Crippen molar-refractivity contribution in [3.05, 3.63) is 62.7 Å². The summed E-state index contributed by atoms with van der Waals surface area (Å²) in [4.78, 5) is 14.3. The van der Waals surface area contributed by atoms with Crippen molar-refractivity contribution in [2.75, 3.05) is 0 Å². The number of hydrogen-bond acceptors (Lipinski definition) is 4. The zero-order valence-corrected chi connectivity index (χ0v) is 11.3. The summed E-state index contributed by atoms with van der Waals surface area (Å²) >= 11 is 5.97. The second-order valence-corrected chi connectivity index (χ2v) is 4.53. The lowest BCUT2D eigenvalue weighted by Gasteiger charge is -2.09. The molecule has 0 saturated heterocycles. The molecule has 0 fully saturated rings. The van der Waals surface area contributed by atoms with Gasteiger partial charge in [0.1, 0.15) is 0 Å². The smallest absolute Gasteiger partial charge is 0.270 e. The Kier molecular flexibility index (Phi) is 4.00. The van der Waals surface area contributed by atoms with Crippen LogP contribution in [0.4, 0.5) is 11.4 Å². The number of non-ortho nitro benzene ring substituents is 1. The molecule has 102 valence electrons. The summed E-state index contributed by atoms with van der Waals surface area (Å²) in [6, 6.07) is 8.76. The molecule has 0 heterocycles. The van der Waals surface area contributed by atoms with Crippen molar-refractivity contribution in [3.8, 4) is 5.75 Å². The van der Waals surface area contributed by atoms with Crippen LogP contribution in [0.25, 0.3) is 0 Å². The molecule has 2 aromatic carbocycles. The molecule has 2 rings (SSSR count). The Morgan fingerprint density at radius 2 is 2.05 bits per heavy atom. The maximum Gasteiger partial charge on any atom is 0.270 e. The normalized spacial score (nSPS) is 10.9. The first-order valence-corrected chi connectivity index (χ1v) is 6.11. The van der Waals surface area contributed by atoms with Crippen LogP contribution in [0.15, 0.2) is 41.4 Å². The van der Waals surface area contributed by atoms with Crippen LogP contribution in [0.3, 0.4) is 0 Å². The largest absolute Gasteiger partial charge is 0.872 e. The molecule has 0 atom stereocenters. The fourth-order valence-corrected chi connectivity index (χ4v) is 1.79. The molecule has 0 N–H and O–H groups in total. The highest BCUT2D eigenvalue weighted by molar-refractivity contribution is 6.31. The first kappa shape index (κ1) is 14.0. The molecule has 0 unspecified atom stereocenters.